The Labute approximate surface area is 214 Å². The standard InChI is InChI=1S/C25H35N3O6S2/c1-5-24(28(35(4,30)31)21-9-8-19(2)20(3)18-21)25(29)26-14-17-34-22-10-12-23(13-11-22)36(32,33)27-15-6-7-16-27/h8-13,18,24H,5-7,14-17H2,1-4H3,(H,26,29)/t24-/m1/s1. The summed E-state index contributed by atoms with van der Waals surface area (Å²) in [5.74, 6) is 0.0568. The molecular weight excluding hydrogens is 502 g/mol. The third-order valence-electron chi connectivity index (χ3n) is 6.27. The van der Waals surface area contributed by atoms with E-state index >= 15 is 0 Å². The minimum Gasteiger partial charge on any atom is -0.492 e. The van der Waals surface area contributed by atoms with Crippen LogP contribution in [0.25, 0.3) is 0 Å². The molecule has 1 aliphatic rings. The number of carbonyl (C=O) groups excluding carboxylic acids is 1. The van der Waals surface area contributed by atoms with E-state index in [1.165, 1.54) is 16.4 Å². The molecule has 0 aromatic heterocycles. The molecule has 1 fully saturated rings. The monoisotopic (exact) mass is 537 g/mol. The number of hydrogen-bond acceptors (Lipinski definition) is 6. The van der Waals surface area contributed by atoms with Crippen LogP contribution in [0.4, 0.5) is 5.69 Å². The lowest BCUT2D eigenvalue weighted by Gasteiger charge is -2.30. The zero-order valence-corrected chi connectivity index (χ0v) is 22.9. The Bertz CT molecular complexity index is 1270. The van der Waals surface area contributed by atoms with Crippen LogP contribution in [0.1, 0.15) is 37.3 Å². The number of aryl methyl sites for hydroxylation is 2. The molecular formula is C25H35N3O6S2. The molecule has 1 saturated heterocycles. The van der Waals surface area contributed by atoms with Crippen LogP contribution in [-0.4, -0.2) is 65.6 Å². The molecule has 9 nitrogen and oxygen atoms in total. The molecule has 0 radical (unpaired) electrons. The molecule has 1 N–H and O–H groups in total. The molecule has 1 atom stereocenters. The van der Waals surface area contributed by atoms with Gasteiger partial charge in [0.05, 0.1) is 23.4 Å². The first kappa shape index (κ1) is 27.9. The zero-order chi connectivity index (χ0) is 26.5. The van der Waals surface area contributed by atoms with E-state index in [0.717, 1.165) is 34.5 Å². The van der Waals surface area contributed by atoms with Crippen LogP contribution in [0.5, 0.6) is 5.75 Å². The Hall–Kier alpha value is -2.63. The molecule has 3 rings (SSSR count). The van der Waals surface area contributed by atoms with Gasteiger partial charge in [-0.1, -0.05) is 13.0 Å². The summed E-state index contributed by atoms with van der Waals surface area (Å²) in [6, 6.07) is 10.6. The van der Waals surface area contributed by atoms with E-state index in [1.807, 2.05) is 19.9 Å². The lowest BCUT2D eigenvalue weighted by Crippen LogP contribution is -2.50. The van der Waals surface area contributed by atoms with Gasteiger partial charge in [-0.2, -0.15) is 4.31 Å². The molecule has 36 heavy (non-hydrogen) atoms. The molecule has 0 aliphatic carbocycles. The number of nitrogens with zero attached hydrogens (tertiary/aromatic N) is 2. The zero-order valence-electron chi connectivity index (χ0n) is 21.2. The highest BCUT2D eigenvalue weighted by Crippen LogP contribution is 2.25. The van der Waals surface area contributed by atoms with Crippen LogP contribution >= 0.6 is 0 Å². The minimum absolute atomic E-state index is 0.142. The van der Waals surface area contributed by atoms with Crippen molar-refractivity contribution in [1.82, 2.24) is 9.62 Å². The SMILES string of the molecule is CC[C@H](C(=O)NCCOc1ccc(S(=O)(=O)N2CCCC2)cc1)N(c1ccc(C)c(C)c1)S(C)(=O)=O. The van der Waals surface area contributed by atoms with Gasteiger partial charge in [-0.3, -0.25) is 9.10 Å². The molecule has 1 aliphatic heterocycles. The average molecular weight is 538 g/mol. The summed E-state index contributed by atoms with van der Waals surface area (Å²) in [7, 11) is -7.20. The number of hydrogen-bond donors (Lipinski definition) is 1. The molecule has 1 heterocycles. The van der Waals surface area contributed by atoms with Crippen molar-refractivity contribution in [3.63, 3.8) is 0 Å². The maximum absolute atomic E-state index is 12.9. The molecule has 2 aromatic rings. The van der Waals surface area contributed by atoms with E-state index in [9.17, 15) is 21.6 Å². The van der Waals surface area contributed by atoms with Gasteiger partial charge in [0.1, 0.15) is 18.4 Å². The second kappa shape index (κ2) is 11.6. The number of nitrogens with one attached hydrogen (secondary N) is 1. The van der Waals surface area contributed by atoms with Crippen LogP contribution in [0.3, 0.4) is 0 Å². The summed E-state index contributed by atoms with van der Waals surface area (Å²) in [4.78, 5) is 13.2. The third kappa shape index (κ3) is 6.57. The largest absolute Gasteiger partial charge is 0.492 e. The molecule has 11 heteroatoms. The van der Waals surface area contributed by atoms with Gasteiger partial charge >= 0.3 is 0 Å². The normalized spacial score (nSPS) is 15.4. The summed E-state index contributed by atoms with van der Waals surface area (Å²) in [6.07, 6.45) is 3.13. The molecule has 1 amide bonds. The summed E-state index contributed by atoms with van der Waals surface area (Å²) < 4.78 is 58.8. The van der Waals surface area contributed by atoms with Crippen LogP contribution in [0.2, 0.25) is 0 Å². The molecule has 0 saturated carbocycles. The lowest BCUT2D eigenvalue weighted by atomic mass is 10.1. The second-order valence-electron chi connectivity index (χ2n) is 8.97. The predicted molar refractivity (Wildman–Crippen MR) is 140 cm³/mol. The van der Waals surface area contributed by atoms with Gasteiger partial charge < -0.3 is 10.1 Å². The predicted octanol–water partition coefficient (Wildman–Crippen LogP) is 2.83. The summed E-state index contributed by atoms with van der Waals surface area (Å²) in [5.41, 5.74) is 2.41. The van der Waals surface area contributed by atoms with Gasteiger partial charge in [0.25, 0.3) is 0 Å². The van der Waals surface area contributed by atoms with Crippen molar-refractivity contribution in [3.05, 3.63) is 53.6 Å². The topological polar surface area (TPSA) is 113 Å². The first-order chi connectivity index (χ1) is 16.9. The summed E-state index contributed by atoms with van der Waals surface area (Å²) in [5, 5.41) is 2.75. The van der Waals surface area contributed by atoms with Crippen molar-refractivity contribution < 1.29 is 26.4 Å². The Morgan fingerprint density at radius 3 is 2.22 bits per heavy atom. The highest BCUT2D eigenvalue weighted by molar-refractivity contribution is 7.92. The fraction of sp³-hybridized carbons (Fsp3) is 0.480. The maximum Gasteiger partial charge on any atom is 0.244 e. The van der Waals surface area contributed by atoms with Crippen molar-refractivity contribution >= 4 is 31.6 Å². The van der Waals surface area contributed by atoms with Gasteiger partial charge in [0.15, 0.2) is 0 Å². The van der Waals surface area contributed by atoms with Crippen LogP contribution in [-0.2, 0) is 24.8 Å². The van der Waals surface area contributed by atoms with E-state index in [0.29, 0.717) is 30.9 Å². The van der Waals surface area contributed by atoms with Crippen molar-refractivity contribution in [1.29, 1.82) is 0 Å². The lowest BCUT2D eigenvalue weighted by molar-refractivity contribution is -0.122. The number of anilines is 1. The number of sulfonamides is 2. The van der Waals surface area contributed by atoms with Crippen LogP contribution < -0.4 is 14.4 Å². The Kier molecular flexibility index (Phi) is 9.02. The minimum atomic E-state index is -3.71. The van der Waals surface area contributed by atoms with Gasteiger partial charge in [0, 0.05) is 13.1 Å². The van der Waals surface area contributed by atoms with E-state index in [2.05, 4.69) is 5.32 Å². The van der Waals surface area contributed by atoms with E-state index in [4.69, 9.17) is 4.74 Å². The summed E-state index contributed by atoms with van der Waals surface area (Å²) >= 11 is 0. The van der Waals surface area contributed by atoms with Crippen molar-refractivity contribution in [2.24, 2.45) is 0 Å². The van der Waals surface area contributed by atoms with Crippen molar-refractivity contribution in [2.45, 2.75) is 51.0 Å². The Morgan fingerprint density at radius 1 is 1.03 bits per heavy atom. The molecule has 0 unspecified atom stereocenters. The van der Waals surface area contributed by atoms with Gasteiger partial charge in [-0.05, 0) is 80.6 Å². The van der Waals surface area contributed by atoms with E-state index in [1.54, 1.807) is 31.2 Å². The van der Waals surface area contributed by atoms with Crippen LogP contribution in [0.15, 0.2) is 47.4 Å². The van der Waals surface area contributed by atoms with Crippen molar-refractivity contribution in [3.8, 4) is 5.75 Å². The highest BCUT2D eigenvalue weighted by Gasteiger charge is 2.31. The quantitative estimate of drug-likeness (QED) is 0.441. The number of rotatable bonds is 11. The first-order valence-electron chi connectivity index (χ1n) is 12.0. The Morgan fingerprint density at radius 2 is 1.67 bits per heavy atom. The van der Waals surface area contributed by atoms with E-state index in [-0.39, 0.29) is 18.0 Å². The number of benzene rings is 2. The number of carbonyl (C=O) groups is 1. The van der Waals surface area contributed by atoms with E-state index < -0.39 is 32.0 Å². The number of ether oxygens (including phenoxy) is 1. The third-order valence-corrected chi connectivity index (χ3v) is 9.36. The first-order valence-corrected chi connectivity index (χ1v) is 15.3. The van der Waals surface area contributed by atoms with Gasteiger partial charge in [-0.15, -0.1) is 0 Å². The van der Waals surface area contributed by atoms with Crippen molar-refractivity contribution in [2.75, 3.05) is 36.8 Å². The summed E-state index contributed by atoms with van der Waals surface area (Å²) in [6.45, 7) is 6.98. The van der Waals surface area contributed by atoms with Gasteiger partial charge in [0.2, 0.25) is 26.0 Å². The molecule has 0 bridgehead atoms. The average Bonchev–Trinajstić information content (AvgIpc) is 3.37. The molecule has 198 valence electrons. The van der Waals surface area contributed by atoms with Gasteiger partial charge in [-0.25, -0.2) is 16.8 Å². The number of amides is 1. The Balaban J connectivity index is 1.59. The molecule has 0 spiro atoms. The fourth-order valence-corrected chi connectivity index (χ4v) is 6.89. The maximum atomic E-state index is 12.9. The second-order valence-corrected chi connectivity index (χ2v) is 12.8. The fourth-order valence-electron chi connectivity index (χ4n) is 4.17. The molecule has 2 aromatic carbocycles. The smallest absolute Gasteiger partial charge is 0.244 e. The highest BCUT2D eigenvalue weighted by atomic mass is 32.2. The van der Waals surface area contributed by atoms with Crippen LogP contribution in [0, 0.1) is 13.8 Å².